The highest BCUT2D eigenvalue weighted by molar-refractivity contribution is 6.26. The van der Waals surface area contributed by atoms with Gasteiger partial charge in [-0.2, -0.15) is 0 Å². The van der Waals surface area contributed by atoms with Crippen LogP contribution in [0.15, 0.2) is 174 Å². The van der Waals surface area contributed by atoms with Crippen LogP contribution in [0.1, 0.15) is 0 Å². The minimum atomic E-state index is 0.663. The van der Waals surface area contributed by atoms with Gasteiger partial charge in [-0.05, 0) is 48.5 Å². The Morgan fingerprint density at radius 2 is 1.10 bits per heavy atom. The molecule has 5 nitrogen and oxygen atoms in total. The summed E-state index contributed by atoms with van der Waals surface area (Å²) in [6.45, 7) is 0. The summed E-state index contributed by atoms with van der Waals surface area (Å²) in [6.07, 6.45) is 0. The molecular formula is C46H28N4O. The fourth-order valence-electron chi connectivity index (χ4n) is 7.97. The molecule has 4 aromatic heterocycles. The van der Waals surface area contributed by atoms with Crippen molar-refractivity contribution in [2.45, 2.75) is 0 Å². The van der Waals surface area contributed by atoms with Crippen LogP contribution in [0.25, 0.3) is 99.7 Å². The second kappa shape index (κ2) is 10.8. The Balaban J connectivity index is 1.27. The molecule has 0 atom stereocenters. The minimum absolute atomic E-state index is 0.663. The third kappa shape index (κ3) is 4.03. The fraction of sp³-hybridized carbons (Fsp3) is 0. The van der Waals surface area contributed by atoms with Crippen LogP contribution in [0.5, 0.6) is 0 Å². The molecule has 11 rings (SSSR count). The van der Waals surface area contributed by atoms with Crippen LogP contribution >= 0.6 is 0 Å². The van der Waals surface area contributed by atoms with Gasteiger partial charge in [-0.1, -0.05) is 121 Å². The first-order chi connectivity index (χ1) is 25.3. The van der Waals surface area contributed by atoms with Gasteiger partial charge in [-0.25, -0.2) is 9.97 Å². The number of benzene rings is 7. The predicted molar refractivity (Wildman–Crippen MR) is 209 cm³/mol. The normalized spacial score (nSPS) is 11.9. The largest absolute Gasteiger partial charge is 0.452 e. The first-order valence-electron chi connectivity index (χ1n) is 17.2. The second-order valence-electron chi connectivity index (χ2n) is 13.0. The monoisotopic (exact) mass is 652 g/mol. The molecule has 11 aromatic rings. The quantitative estimate of drug-likeness (QED) is 0.190. The van der Waals surface area contributed by atoms with E-state index < -0.39 is 0 Å². The minimum Gasteiger partial charge on any atom is -0.452 e. The summed E-state index contributed by atoms with van der Waals surface area (Å²) in [5.41, 5.74) is 11.7. The third-order valence-electron chi connectivity index (χ3n) is 10.1. The number of para-hydroxylation sites is 5. The van der Waals surface area contributed by atoms with Gasteiger partial charge < -0.3 is 13.6 Å². The molecule has 0 saturated heterocycles. The van der Waals surface area contributed by atoms with Crippen molar-refractivity contribution >= 4 is 65.7 Å². The zero-order chi connectivity index (χ0) is 33.5. The predicted octanol–water partition coefficient (Wildman–Crippen LogP) is 11.9. The molecule has 0 radical (unpaired) electrons. The molecule has 4 heterocycles. The van der Waals surface area contributed by atoms with Gasteiger partial charge in [0.05, 0.1) is 27.8 Å². The lowest BCUT2D eigenvalue weighted by atomic mass is 10.1. The highest BCUT2D eigenvalue weighted by Crippen LogP contribution is 2.44. The van der Waals surface area contributed by atoms with Crippen LogP contribution in [0, 0.1) is 0 Å². The van der Waals surface area contributed by atoms with Crippen LogP contribution in [0.4, 0.5) is 0 Å². The van der Waals surface area contributed by atoms with Crippen LogP contribution in [0.3, 0.4) is 0 Å². The fourth-order valence-corrected chi connectivity index (χ4v) is 7.97. The number of hydrogen-bond donors (Lipinski definition) is 0. The van der Waals surface area contributed by atoms with E-state index >= 15 is 0 Å². The van der Waals surface area contributed by atoms with E-state index in [1.165, 1.54) is 32.6 Å². The molecule has 0 spiro atoms. The lowest BCUT2D eigenvalue weighted by molar-refractivity contribution is 0.667. The SMILES string of the molecule is c1ccc(-c2nc(-c3ccccc3-n3c4ccccc4c4c3ccc3c5ccccc5n(-c5ccccc5)c34)c3oc4ccccc4c3n2)cc1. The van der Waals surface area contributed by atoms with E-state index in [1.54, 1.807) is 0 Å². The summed E-state index contributed by atoms with van der Waals surface area (Å²) in [5, 5.41) is 5.83. The molecule has 5 heteroatoms. The van der Waals surface area contributed by atoms with Crippen molar-refractivity contribution in [3.8, 4) is 34.0 Å². The summed E-state index contributed by atoms with van der Waals surface area (Å²) in [6, 6.07) is 59.5. The first-order valence-corrected chi connectivity index (χ1v) is 17.2. The van der Waals surface area contributed by atoms with Gasteiger partial charge >= 0.3 is 0 Å². The van der Waals surface area contributed by atoms with Gasteiger partial charge in [0.25, 0.3) is 0 Å². The Morgan fingerprint density at radius 3 is 1.92 bits per heavy atom. The molecular weight excluding hydrogens is 625 g/mol. The maximum Gasteiger partial charge on any atom is 0.180 e. The molecule has 0 aliphatic rings. The zero-order valence-corrected chi connectivity index (χ0v) is 27.4. The summed E-state index contributed by atoms with van der Waals surface area (Å²) in [4.78, 5) is 10.4. The van der Waals surface area contributed by atoms with Crippen molar-refractivity contribution in [1.82, 2.24) is 19.1 Å². The van der Waals surface area contributed by atoms with E-state index in [4.69, 9.17) is 14.4 Å². The third-order valence-corrected chi connectivity index (χ3v) is 10.1. The average molecular weight is 653 g/mol. The van der Waals surface area contributed by atoms with Crippen molar-refractivity contribution in [2.24, 2.45) is 0 Å². The highest BCUT2D eigenvalue weighted by Gasteiger charge is 2.24. The maximum atomic E-state index is 6.59. The Morgan fingerprint density at radius 1 is 0.451 bits per heavy atom. The summed E-state index contributed by atoms with van der Waals surface area (Å²) < 4.78 is 11.4. The van der Waals surface area contributed by atoms with Gasteiger partial charge in [0, 0.05) is 43.7 Å². The molecule has 7 aromatic carbocycles. The van der Waals surface area contributed by atoms with Crippen LogP contribution in [0.2, 0.25) is 0 Å². The van der Waals surface area contributed by atoms with Crippen LogP contribution in [-0.4, -0.2) is 19.1 Å². The van der Waals surface area contributed by atoms with Crippen molar-refractivity contribution in [2.75, 3.05) is 0 Å². The molecule has 238 valence electrons. The molecule has 0 aliphatic heterocycles. The maximum absolute atomic E-state index is 6.59. The highest BCUT2D eigenvalue weighted by atomic mass is 16.3. The first kappa shape index (κ1) is 27.9. The van der Waals surface area contributed by atoms with E-state index in [1.807, 2.05) is 36.4 Å². The van der Waals surface area contributed by atoms with Gasteiger partial charge in [-0.3, -0.25) is 0 Å². The topological polar surface area (TPSA) is 48.8 Å². The van der Waals surface area contributed by atoms with E-state index in [0.29, 0.717) is 11.4 Å². The smallest absolute Gasteiger partial charge is 0.180 e. The molecule has 0 N–H and O–H groups in total. The molecule has 0 fully saturated rings. The molecule has 0 aliphatic carbocycles. The van der Waals surface area contributed by atoms with Crippen LogP contribution in [-0.2, 0) is 0 Å². The number of hydrogen-bond acceptors (Lipinski definition) is 3. The zero-order valence-electron chi connectivity index (χ0n) is 27.4. The van der Waals surface area contributed by atoms with Crippen molar-refractivity contribution < 1.29 is 4.42 Å². The lowest BCUT2D eigenvalue weighted by Crippen LogP contribution is -2.00. The molecule has 0 unspecified atom stereocenters. The van der Waals surface area contributed by atoms with Crippen molar-refractivity contribution in [1.29, 1.82) is 0 Å². The van der Waals surface area contributed by atoms with Crippen molar-refractivity contribution in [3.63, 3.8) is 0 Å². The number of aromatic nitrogens is 4. The number of rotatable bonds is 4. The standard InChI is InChI=1S/C46H28N4O/c1-3-15-29(16-4-1)46-47-42(45-43(48-46)35-22-10-14-26-40(35)51-45)34-21-9-13-25-38(34)50-37-24-12-8-20-33(37)41-39(50)28-27-32-31-19-7-11-23-36(31)49(44(32)41)30-17-5-2-6-18-30/h1-28H. The van der Waals surface area contributed by atoms with Gasteiger partial charge in [0.2, 0.25) is 0 Å². The Hall–Kier alpha value is -6.98. The Bertz CT molecular complexity index is 3130. The summed E-state index contributed by atoms with van der Waals surface area (Å²) >= 11 is 0. The lowest BCUT2D eigenvalue weighted by Gasteiger charge is -2.14. The van der Waals surface area contributed by atoms with Crippen molar-refractivity contribution in [3.05, 3.63) is 170 Å². The Kier molecular flexibility index (Phi) is 5.89. The molecule has 0 bridgehead atoms. The van der Waals surface area contributed by atoms with Crippen LogP contribution < -0.4 is 0 Å². The number of furan rings is 1. The summed E-state index contributed by atoms with van der Waals surface area (Å²) in [7, 11) is 0. The number of fused-ring (bicyclic) bond motifs is 10. The average Bonchev–Trinajstić information content (AvgIpc) is 3.86. The summed E-state index contributed by atoms with van der Waals surface area (Å²) in [5.74, 6) is 0.663. The van der Waals surface area contributed by atoms with Gasteiger partial charge in [-0.15, -0.1) is 0 Å². The van der Waals surface area contributed by atoms with E-state index in [2.05, 4.69) is 143 Å². The molecule has 51 heavy (non-hydrogen) atoms. The van der Waals surface area contributed by atoms with Gasteiger partial charge in [0.1, 0.15) is 16.8 Å². The Labute approximate surface area is 292 Å². The van der Waals surface area contributed by atoms with E-state index in [0.717, 1.165) is 55.7 Å². The number of nitrogens with zero attached hydrogens (tertiary/aromatic N) is 4. The van der Waals surface area contributed by atoms with E-state index in [-0.39, 0.29) is 0 Å². The molecule has 0 saturated carbocycles. The molecule has 0 amide bonds. The van der Waals surface area contributed by atoms with E-state index in [9.17, 15) is 0 Å². The second-order valence-corrected chi connectivity index (χ2v) is 13.0. The van der Waals surface area contributed by atoms with Gasteiger partial charge in [0.15, 0.2) is 11.4 Å².